The van der Waals surface area contributed by atoms with Crippen molar-refractivity contribution in [3.8, 4) is 0 Å². The molecular weight excluding hydrogens is 187 g/mol. The smallest absolute Gasteiger partial charge is 0.282 e. The van der Waals surface area contributed by atoms with Crippen molar-refractivity contribution in [3.63, 3.8) is 0 Å². The zero-order chi connectivity index (χ0) is 8.48. The Bertz CT molecular complexity index is 341. The predicted octanol–water partition coefficient (Wildman–Crippen LogP) is -1.75. The second-order valence-corrected chi connectivity index (χ2v) is 3.71. The van der Waals surface area contributed by atoms with Crippen LogP contribution in [0, 0.1) is 6.92 Å². The van der Waals surface area contributed by atoms with E-state index in [-0.39, 0.29) is 34.5 Å². The average Bonchev–Trinajstić information content (AvgIpc) is 1.86. The Hall–Kier alpha value is 0.130. The molecule has 1 N–H and O–H groups in total. The quantitative estimate of drug-likeness (QED) is 0.427. The van der Waals surface area contributed by atoms with Gasteiger partial charge in [-0.25, -0.2) is 0 Å². The van der Waals surface area contributed by atoms with Crippen molar-refractivity contribution >= 4 is 10.1 Å². The standard InChI is InChI=1S/C7H8O3S.Na/c1-6-2-4-7(5-3-6)11(8,9)10;/h2-5H,1H3,(H,8,9,10);/q;+1. The monoisotopic (exact) mass is 195 g/mol. The van der Waals surface area contributed by atoms with Crippen LogP contribution in [0.25, 0.3) is 0 Å². The van der Waals surface area contributed by atoms with Crippen molar-refractivity contribution in [1.29, 1.82) is 0 Å². The Morgan fingerprint density at radius 1 is 1.17 bits per heavy atom. The van der Waals surface area contributed by atoms with Gasteiger partial charge in [-0.15, -0.1) is 0 Å². The first-order valence-electron chi connectivity index (χ1n) is 3.04. The van der Waals surface area contributed by atoms with Crippen LogP contribution in [0.5, 0.6) is 0 Å². The third-order valence-corrected chi connectivity index (χ3v) is 2.19. The van der Waals surface area contributed by atoms with Crippen LogP contribution in [0.4, 0.5) is 0 Å². The molecule has 0 aliphatic carbocycles. The second kappa shape index (κ2) is 4.39. The molecule has 0 bridgehead atoms. The van der Waals surface area contributed by atoms with Crippen molar-refractivity contribution in [2.45, 2.75) is 11.8 Å². The summed E-state index contributed by atoms with van der Waals surface area (Å²) in [5, 5.41) is 0. The average molecular weight is 195 g/mol. The van der Waals surface area contributed by atoms with Gasteiger partial charge < -0.3 is 0 Å². The van der Waals surface area contributed by atoms with E-state index in [9.17, 15) is 8.42 Å². The molecule has 0 heterocycles. The van der Waals surface area contributed by atoms with E-state index in [1.165, 1.54) is 12.1 Å². The van der Waals surface area contributed by atoms with Crippen LogP contribution in [-0.2, 0) is 10.1 Å². The summed E-state index contributed by atoms with van der Waals surface area (Å²) in [5.74, 6) is 0. The Morgan fingerprint density at radius 2 is 1.58 bits per heavy atom. The first kappa shape index (κ1) is 12.1. The summed E-state index contributed by atoms with van der Waals surface area (Å²) >= 11 is 0. The van der Waals surface area contributed by atoms with Crippen molar-refractivity contribution in [2.75, 3.05) is 0 Å². The van der Waals surface area contributed by atoms with E-state index < -0.39 is 10.1 Å². The van der Waals surface area contributed by atoms with Crippen molar-refractivity contribution in [1.82, 2.24) is 0 Å². The molecule has 0 aromatic heterocycles. The Labute approximate surface area is 93.8 Å². The van der Waals surface area contributed by atoms with Gasteiger partial charge in [0.15, 0.2) is 0 Å². The maximum Gasteiger partial charge on any atom is 1.00 e. The number of aryl methyl sites for hydroxylation is 1. The summed E-state index contributed by atoms with van der Waals surface area (Å²) in [5.41, 5.74) is 0.956. The van der Waals surface area contributed by atoms with Crippen LogP contribution in [0.3, 0.4) is 0 Å². The Kier molecular flexibility index (Phi) is 4.44. The van der Waals surface area contributed by atoms with Gasteiger partial charge in [0, 0.05) is 0 Å². The first-order chi connectivity index (χ1) is 5.00. The molecule has 0 atom stereocenters. The van der Waals surface area contributed by atoms with Crippen LogP contribution in [-0.4, -0.2) is 13.0 Å². The van der Waals surface area contributed by atoms with Crippen LogP contribution in [0.15, 0.2) is 29.2 Å². The van der Waals surface area contributed by atoms with E-state index in [2.05, 4.69) is 0 Å². The normalized spacial score (nSPS) is 10.5. The fourth-order valence-corrected chi connectivity index (χ4v) is 1.19. The third kappa shape index (κ3) is 3.25. The Balaban J connectivity index is 0.00000121. The molecule has 1 rings (SSSR count). The molecule has 12 heavy (non-hydrogen) atoms. The molecule has 0 unspecified atom stereocenters. The maximum atomic E-state index is 10.5. The molecule has 1 aromatic carbocycles. The zero-order valence-electron chi connectivity index (χ0n) is 6.98. The largest absolute Gasteiger partial charge is 1.00 e. The molecule has 3 nitrogen and oxygen atoms in total. The molecule has 0 amide bonds. The maximum absolute atomic E-state index is 10.5. The number of benzene rings is 1. The van der Waals surface area contributed by atoms with E-state index >= 15 is 0 Å². The summed E-state index contributed by atoms with van der Waals surface area (Å²) in [6, 6.07) is 5.99. The minimum atomic E-state index is -4.02. The van der Waals surface area contributed by atoms with E-state index in [0.717, 1.165) is 5.56 Å². The molecule has 0 radical (unpaired) electrons. The van der Waals surface area contributed by atoms with Gasteiger partial charge in [-0.2, -0.15) is 8.42 Å². The van der Waals surface area contributed by atoms with Gasteiger partial charge >= 0.3 is 29.6 Å². The van der Waals surface area contributed by atoms with Crippen LogP contribution >= 0.6 is 0 Å². The minimum absolute atomic E-state index is 0. The van der Waals surface area contributed by atoms with Gasteiger partial charge in [0.05, 0.1) is 4.90 Å². The van der Waals surface area contributed by atoms with Gasteiger partial charge in [-0.1, -0.05) is 17.7 Å². The van der Waals surface area contributed by atoms with Crippen molar-refractivity contribution in [3.05, 3.63) is 29.8 Å². The fraction of sp³-hybridized carbons (Fsp3) is 0.143. The molecule has 0 spiro atoms. The number of hydrogen-bond acceptors (Lipinski definition) is 2. The zero-order valence-corrected chi connectivity index (χ0v) is 9.80. The van der Waals surface area contributed by atoms with Gasteiger partial charge in [0.25, 0.3) is 10.1 Å². The summed E-state index contributed by atoms with van der Waals surface area (Å²) < 4.78 is 29.6. The van der Waals surface area contributed by atoms with E-state index in [0.29, 0.717) is 0 Å². The molecular formula is C7H8NaO3S+. The van der Waals surface area contributed by atoms with E-state index in [1.54, 1.807) is 12.1 Å². The number of hydrogen-bond donors (Lipinski definition) is 1. The van der Waals surface area contributed by atoms with Crippen molar-refractivity contribution < 1.29 is 42.5 Å². The van der Waals surface area contributed by atoms with E-state index in [1.807, 2.05) is 6.92 Å². The molecule has 1 aromatic rings. The Morgan fingerprint density at radius 3 is 1.92 bits per heavy atom. The SMILES string of the molecule is Cc1ccc(S(=O)(=O)O)cc1.[Na+]. The van der Waals surface area contributed by atoms with Gasteiger partial charge in [-0.05, 0) is 19.1 Å². The van der Waals surface area contributed by atoms with Crippen LogP contribution in [0.1, 0.15) is 5.56 Å². The van der Waals surface area contributed by atoms with E-state index in [4.69, 9.17) is 4.55 Å². The van der Waals surface area contributed by atoms with Gasteiger partial charge in [0.1, 0.15) is 0 Å². The molecule has 0 fully saturated rings. The summed E-state index contributed by atoms with van der Waals surface area (Å²) in [4.78, 5) is -0.0666. The summed E-state index contributed by atoms with van der Waals surface area (Å²) in [6.45, 7) is 1.84. The summed E-state index contributed by atoms with van der Waals surface area (Å²) in [6.07, 6.45) is 0. The predicted molar refractivity (Wildman–Crippen MR) is 41.0 cm³/mol. The molecule has 0 aliphatic heterocycles. The molecule has 0 saturated heterocycles. The number of rotatable bonds is 1. The molecule has 5 heteroatoms. The van der Waals surface area contributed by atoms with Gasteiger partial charge in [0.2, 0.25) is 0 Å². The molecule has 60 valence electrons. The van der Waals surface area contributed by atoms with Crippen LogP contribution < -0.4 is 29.6 Å². The second-order valence-electron chi connectivity index (χ2n) is 2.29. The molecule has 0 saturated carbocycles. The topological polar surface area (TPSA) is 54.4 Å². The minimum Gasteiger partial charge on any atom is -0.282 e. The molecule has 0 aliphatic rings. The first-order valence-corrected chi connectivity index (χ1v) is 4.48. The summed E-state index contributed by atoms with van der Waals surface area (Å²) in [7, 11) is -4.02. The third-order valence-electron chi connectivity index (χ3n) is 1.32. The van der Waals surface area contributed by atoms with Crippen molar-refractivity contribution in [2.24, 2.45) is 0 Å². The van der Waals surface area contributed by atoms with Gasteiger partial charge in [-0.3, -0.25) is 4.55 Å². The van der Waals surface area contributed by atoms with Crippen LogP contribution in [0.2, 0.25) is 0 Å². The fourth-order valence-electron chi connectivity index (χ4n) is 0.710.